The molecule has 6 heteroatoms. The van der Waals surface area contributed by atoms with Gasteiger partial charge in [-0.05, 0) is 13.3 Å². The van der Waals surface area contributed by atoms with Gasteiger partial charge in [0.15, 0.2) is 6.10 Å². The van der Waals surface area contributed by atoms with E-state index in [1.54, 1.807) is 0 Å². The van der Waals surface area contributed by atoms with E-state index in [9.17, 15) is 18.0 Å². The molecule has 0 N–H and O–H groups in total. The lowest BCUT2D eigenvalue weighted by atomic mass is 9.99. The van der Waals surface area contributed by atoms with Gasteiger partial charge in [0, 0.05) is 0 Å². The summed E-state index contributed by atoms with van der Waals surface area (Å²) in [6.07, 6.45) is -7.05. The van der Waals surface area contributed by atoms with Gasteiger partial charge in [-0.3, -0.25) is 4.79 Å². The Morgan fingerprint density at radius 2 is 2.07 bits per heavy atom. The van der Waals surface area contributed by atoms with E-state index in [1.165, 1.54) is 6.92 Å². The van der Waals surface area contributed by atoms with Crippen LogP contribution in [0, 0.1) is 5.92 Å². The van der Waals surface area contributed by atoms with Crippen molar-refractivity contribution < 1.29 is 27.4 Å². The SMILES string of the molecule is COC(=O)[C@@H]1C[C@H](C)O[C@@H]1C(F)(F)F. The number of halogens is 3. The molecule has 1 aliphatic heterocycles. The molecular weight excluding hydrogens is 201 g/mol. The fourth-order valence-corrected chi connectivity index (χ4v) is 1.56. The molecule has 1 rings (SSSR count). The second-order valence-corrected chi connectivity index (χ2v) is 3.27. The Morgan fingerprint density at radius 3 is 2.50 bits per heavy atom. The lowest BCUT2D eigenvalue weighted by Crippen LogP contribution is -2.38. The highest BCUT2D eigenvalue weighted by Crippen LogP contribution is 2.37. The Labute approximate surface area is 79.2 Å². The molecular formula is C8H11F3O3. The van der Waals surface area contributed by atoms with Gasteiger partial charge in [0.2, 0.25) is 0 Å². The Bertz CT molecular complexity index is 226. The molecule has 3 nitrogen and oxygen atoms in total. The monoisotopic (exact) mass is 212 g/mol. The third kappa shape index (κ3) is 2.17. The number of alkyl halides is 3. The number of hydrogen-bond donors (Lipinski definition) is 0. The van der Waals surface area contributed by atoms with Crippen molar-refractivity contribution in [3.8, 4) is 0 Å². The molecule has 0 saturated carbocycles. The Kier molecular flexibility index (Phi) is 3.04. The molecule has 3 atom stereocenters. The first-order valence-electron chi connectivity index (χ1n) is 4.16. The van der Waals surface area contributed by atoms with E-state index in [0.717, 1.165) is 7.11 Å². The van der Waals surface area contributed by atoms with E-state index < -0.39 is 30.3 Å². The molecule has 0 aromatic rings. The first-order valence-corrected chi connectivity index (χ1v) is 4.16. The molecule has 1 fully saturated rings. The standard InChI is InChI=1S/C8H11F3O3/c1-4-3-5(7(12)13-2)6(14-4)8(9,10)11/h4-6H,3H2,1-2H3/t4-,5+,6-/m0/s1. The quantitative estimate of drug-likeness (QED) is 0.618. The Hall–Kier alpha value is -0.780. The van der Waals surface area contributed by atoms with E-state index >= 15 is 0 Å². The smallest absolute Gasteiger partial charge is 0.415 e. The summed E-state index contributed by atoms with van der Waals surface area (Å²) in [6, 6.07) is 0. The summed E-state index contributed by atoms with van der Waals surface area (Å²) in [4.78, 5) is 11.0. The third-order valence-electron chi connectivity index (χ3n) is 2.16. The van der Waals surface area contributed by atoms with Gasteiger partial charge in [-0.25, -0.2) is 0 Å². The molecule has 0 aromatic carbocycles. The maximum atomic E-state index is 12.3. The van der Waals surface area contributed by atoms with E-state index in [1.807, 2.05) is 0 Å². The van der Waals surface area contributed by atoms with Gasteiger partial charge >= 0.3 is 12.1 Å². The molecule has 0 unspecified atom stereocenters. The summed E-state index contributed by atoms with van der Waals surface area (Å²) in [5.74, 6) is -2.09. The van der Waals surface area contributed by atoms with Crippen LogP contribution in [-0.2, 0) is 14.3 Å². The van der Waals surface area contributed by atoms with Crippen molar-refractivity contribution in [3.63, 3.8) is 0 Å². The summed E-state index contributed by atoms with van der Waals surface area (Å²) < 4.78 is 46.0. The average Bonchev–Trinajstić information content (AvgIpc) is 2.45. The van der Waals surface area contributed by atoms with Gasteiger partial charge in [0.25, 0.3) is 0 Å². The van der Waals surface area contributed by atoms with Crippen LogP contribution in [0.4, 0.5) is 13.2 Å². The molecule has 0 aliphatic carbocycles. The second kappa shape index (κ2) is 3.76. The topological polar surface area (TPSA) is 35.5 Å². The summed E-state index contributed by atoms with van der Waals surface area (Å²) in [5, 5.41) is 0. The van der Waals surface area contributed by atoms with Crippen molar-refractivity contribution >= 4 is 5.97 Å². The molecule has 1 aliphatic rings. The van der Waals surface area contributed by atoms with Gasteiger partial charge in [-0.2, -0.15) is 13.2 Å². The van der Waals surface area contributed by atoms with E-state index in [-0.39, 0.29) is 6.42 Å². The molecule has 14 heavy (non-hydrogen) atoms. The second-order valence-electron chi connectivity index (χ2n) is 3.27. The zero-order valence-corrected chi connectivity index (χ0v) is 7.80. The number of esters is 1. The van der Waals surface area contributed by atoms with Crippen molar-refractivity contribution in [2.24, 2.45) is 5.92 Å². The number of carbonyl (C=O) groups excluding carboxylic acids is 1. The minimum absolute atomic E-state index is 0.0524. The van der Waals surface area contributed by atoms with Crippen LogP contribution in [0.3, 0.4) is 0 Å². The molecule has 0 radical (unpaired) electrons. The van der Waals surface area contributed by atoms with E-state index in [4.69, 9.17) is 0 Å². The van der Waals surface area contributed by atoms with Crippen molar-refractivity contribution in [2.75, 3.05) is 7.11 Å². The molecule has 0 amide bonds. The van der Waals surface area contributed by atoms with Crippen LogP contribution in [0.25, 0.3) is 0 Å². The summed E-state index contributed by atoms with van der Waals surface area (Å²) in [6.45, 7) is 1.50. The Balaban J connectivity index is 2.78. The average molecular weight is 212 g/mol. The number of rotatable bonds is 1. The van der Waals surface area contributed by atoms with Crippen molar-refractivity contribution in [3.05, 3.63) is 0 Å². The molecule has 0 bridgehead atoms. The van der Waals surface area contributed by atoms with Crippen LogP contribution in [0.2, 0.25) is 0 Å². The van der Waals surface area contributed by atoms with Gasteiger partial charge in [0.1, 0.15) is 0 Å². The number of methoxy groups -OCH3 is 1. The summed E-state index contributed by atoms with van der Waals surface area (Å²) in [7, 11) is 1.07. The zero-order chi connectivity index (χ0) is 10.9. The van der Waals surface area contributed by atoms with Crippen molar-refractivity contribution in [2.45, 2.75) is 31.7 Å². The van der Waals surface area contributed by atoms with Gasteiger partial charge in [0.05, 0.1) is 19.1 Å². The summed E-state index contributed by atoms with van der Waals surface area (Å²) in [5.41, 5.74) is 0. The van der Waals surface area contributed by atoms with Gasteiger partial charge in [-0.1, -0.05) is 0 Å². The maximum absolute atomic E-state index is 12.3. The molecule has 1 saturated heterocycles. The van der Waals surface area contributed by atoms with Crippen LogP contribution in [0.1, 0.15) is 13.3 Å². The number of ether oxygens (including phenoxy) is 2. The van der Waals surface area contributed by atoms with Crippen molar-refractivity contribution in [1.82, 2.24) is 0 Å². The highest BCUT2D eigenvalue weighted by molar-refractivity contribution is 5.73. The fourth-order valence-electron chi connectivity index (χ4n) is 1.56. The molecule has 82 valence electrons. The first kappa shape index (κ1) is 11.3. The highest BCUT2D eigenvalue weighted by Gasteiger charge is 2.53. The molecule has 0 aromatic heterocycles. The van der Waals surface area contributed by atoms with Crippen LogP contribution in [0.5, 0.6) is 0 Å². The van der Waals surface area contributed by atoms with Crippen LogP contribution in [-0.4, -0.2) is 31.5 Å². The highest BCUT2D eigenvalue weighted by atomic mass is 19.4. The minimum Gasteiger partial charge on any atom is -0.469 e. The number of carbonyl (C=O) groups is 1. The van der Waals surface area contributed by atoms with Gasteiger partial charge in [-0.15, -0.1) is 0 Å². The van der Waals surface area contributed by atoms with Crippen LogP contribution < -0.4 is 0 Å². The summed E-state index contributed by atoms with van der Waals surface area (Å²) >= 11 is 0. The Morgan fingerprint density at radius 1 is 1.50 bits per heavy atom. The largest absolute Gasteiger partial charge is 0.469 e. The van der Waals surface area contributed by atoms with Crippen molar-refractivity contribution in [1.29, 1.82) is 0 Å². The number of hydrogen-bond acceptors (Lipinski definition) is 3. The third-order valence-corrected chi connectivity index (χ3v) is 2.16. The molecule has 1 heterocycles. The fraction of sp³-hybridized carbons (Fsp3) is 0.875. The zero-order valence-electron chi connectivity index (χ0n) is 7.80. The normalized spacial score (nSPS) is 33.1. The lowest BCUT2D eigenvalue weighted by molar-refractivity contribution is -0.225. The van der Waals surface area contributed by atoms with Crippen LogP contribution >= 0.6 is 0 Å². The predicted octanol–water partition coefficient (Wildman–Crippen LogP) is 1.52. The molecule has 0 spiro atoms. The predicted molar refractivity (Wildman–Crippen MR) is 40.5 cm³/mol. The minimum atomic E-state index is -4.51. The van der Waals surface area contributed by atoms with Gasteiger partial charge < -0.3 is 9.47 Å². The first-order chi connectivity index (χ1) is 6.36. The lowest BCUT2D eigenvalue weighted by Gasteiger charge is -2.19. The van der Waals surface area contributed by atoms with E-state index in [2.05, 4.69) is 9.47 Å². The van der Waals surface area contributed by atoms with Crippen LogP contribution in [0.15, 0.2) is 0 Å². The maximum Gasteiger partial charge on any atom is 0.415 e. The van der Waals surface area contributed by atoms with E-state index in [0.29, 0.717) is 0 Å².